The van der Waals surface area contributed by atoms with Gasteiger partial charge in [-0.25, -0.2) is 0 Å². The summed E-state index contributed by atoms with van der Waals surface area (Å²) >= 11 is 0. The second-order valence-corrected chi connectivity index (χ2v) is 5.48. The third kappa shape index (κ3) is 4.76. The molecule has 0 aliphatic carbocycles. The van der Waals surface area contributed by atoms with E-state index in [4.69, 9.17) is 4.74 Å². The van der Waals surface area contributed by atoms with Crippen LogP contribution in [0.2, 0.25) is 0 Å². The minimum atomic E-state index is 0.444. The lowest BCUT2D eigenvalue weighted by Crippen LogP contribution is -2.31. The van der Waals surface area contributed by atoms with Crippen molar-refractivity contribution in [3.8, 4) is 0 Å². The number of ether oxygens (including phenoxy) is 1. The van der Waals surface area contributed by atoms with E-state index in [1.54, 1.807) is 0 Å². The van der Waals surface area contributed by atoms with Gasteiger partial charge in [0.25, 0.3) is 0 Å². The van der Waals surface area contributed by atoms with Crippen LogP contribution in [-0.2, 0) is 9.53 Å². The first-order valence-corrected chi connectivity index (χ1v) is 7.18. The minimum Gasteiger partial charge on any atom is -0.378 e. The zero-order valence-electron chi connectivity index (χ0n) is 10.7. The van der Waals surface area contributed by atoms with E-state index in [0.717, 1.165) is 45.4 Å². The molecule has 2 unspecified atom stereocenters. The first-order valence-electron chi connectivity index (χ1n) is 7.18. The normalized spacial score (nSPS) is 29.4. The van der Waals surface area contributed by atoms with Crippen molar-refractivity contribution in [3.63, 3.8) is 0 Å². The molecule has 0 aromatic rings. The summed E-state index contributed by atoms with van der Waals surface area (Å²) in [7, 11) is 0. The fraction of sp³-hybridized carbons (Fsp3) is 0.929. The quantitative estimate of drug-likeness (QED) is 0.773. The highest BCUT2D eigenvalue weighted by Crippen LogP contribution is 2.19. The molecular formula is C14H25NO2. The van der Waals surface area contributed by atoms with Gasteiger partial charge in [-0.05, 0) is 57.5 Å². The molecule has 0 aromatic carbocycles. The Morgan fingerprint density at radius 2 is 2.24 bits per heavy atom. The highest BCUT2D eigenvalue weighted by molar-refractivity contribution is 5.78. The predicted molar refractivity (Wildman–Crippen MR) is 68.0 cm³/mol. The molecule has 0 amide bonds. The molecule has 98 valence electrons. The van der Waals surface area contributed by atoms with E-state index in [-0.39, 0.29) is 0 Å². The number of carbonyl (C=O) groups excluding carboxylic acids is 1. The van der Waals surface area contributed by atoms with Crippen LogP contribution in [-0.4, -0.2) is 31.6 Å². The maximum Gasteiger partial charge on any atom is 0.133 e. The lowest BCUT2D eigenvalue weighted by molar-refractivity contribution is -0.120. The van der Waals surface area contributed by atoms with Crippen molar-refractivity contribution in [1.29, 1.82) is 0 Å². The molecule has 2 saturated heterocycles. The number of Topliss-reactive ketones (excluding diaryl/α,β-unsaturated/α-hetero) is 1. The summed E-state index contributed by atoms with van der Waals surface area (Å²) in [6, 6.07) is 0. The zero-order chi connectivity index (χ0) is 11.9. The Hall–Kier alpha value is -0.410. The standard InChI is InChI=1S/C14H25NO2/c16-13(10-12-4-2-8-15-11-12)5-1-6-14-7-3-9-17-14/h12,14-15H,1-11H2. The van der Waals surface area contributed by atoms with Gasteiger partial charge in [-0.1, -0.05) is 0 Å². The number of hydrogen-bond acceptors (Lipinski definition) is 3. The first-order chi connectivity index (χ1) is 8.34. The van der Waals surface area contributed by atoms with Gasteiger partial charge < -0.3 is 10.1 Å². The average Bonchev–Trinajstić information content (AvgIpc) is 2.83. The Morgan fingerprint density at radius 3 is 2.94 bits per heavy atom. The second kappa shape index (κ2) is 7.12. The summed E-state index contributed by atoms with van der Waals surface area (Å²) in [5.41, 5.74) is 0. The molecule has 0 spiro atoms. The molecule has 0 saturated carbocycles. The predicted octanol–water partition coefficient (Wildman–Crippen LogP) is 2.29. The Labute approximate surface area is 104 Å². The van der Waals surface area contributed by atoms with Gasteiger partial charge in [0.2, 0.25) is 0 Å². The Balaban J connectivity index is 1.53. The third-order valence-corrected chi connectivity index (χ3v) is 3.92. The first kappa shape index (κ1) is 13.0. The molecule has 2 fully saturated rings. The summed E-state index contributed by atoms with van der Waals surface area (Å²) in [5, 5.41) is 3.37. The lowest BCUT2D eigenvalue weighted by Gasteiger charge is -2.21. The van der Waals surface area contributed by atoms with E-state index in [1.165, 1.54) is 25.7 Å². The molecule has 0 aromatic heterocycles. The van der Waals surface area contributed by atoms with E-state index < -0.39 is 0 Å². The van der Waals surface area contributed by atoms with Crippen LogP contribution in [0, 0.1) is 5.92 Å². The van der Waals surface area contributed by atoms with Crippen molar-refractivity contribution < 1.29 is 9.53 Å². The molecule has 3 nitrogen and oxygen atoms in total. The fourth-order valence-corrected chi connectivity index (χ4v) is 2.92. The van der Waals surface area contributed by atoms with Gasteiger partial charge >= 0.3 is 0 Å². The van der Waals surface area contributed by atoms with Gasteiger partial charge in [0.15, 0.2) is 0 Å². The van der Waals surface area contributed by atoms with E-state index >= 15 is 0 Å². The Bertz CT molecular complexity index is 230. The number of rotatable bonds is 6. The molecule has 0 bridgehead atoms. The van der Waals surface area contributed by atoms with Crippen molar-refractivity contribution in [2.24, 2.45) is 5.92 Å². The summed E-state index contributed by atoms with van der Waals surface area (Å²) in [4.78, 5) is 11.8. The molecule has 17 heavy (non-hydrogen) atoms. The second-order valence-electron chi connectivity index (χ2n) is 5.48. The van der Waals surface area contributed by atoms with Gasteiger partial charge in [-0.2, -0.15) is 0 Å². The highest BCUT2D eigenvalue weighted by atomic mass is 16.5. The summed E-state index contributed by atoms with van der Waals surface area (Å²) < 4.78 is 5.56. The number of ketones is 1. The van der Waals surface area contributed by atoms with Crippen LogP contribution in [0.15, 0.2) is 0 Å². The van der Waals surface area contributed by atoms with Crippen molar-refractivity contribution in [2.45, 2.75) is 57.5 Å². The van der Waals surface area contributed by atoms with Crippen LogP contribution in [0.1, 0.15) is 51.4 Å². The van der Waals surface area contributed by atoms with Crippen molar-refractivity contribution in [3.05, 3.63) is 0 Å². The number of carbonyl (C=O) groups is 1. The van der Waals surface area contributed by atoms with E-state index in [2.05, 4.69) is 5.32 Å². The van der Waals surface area contributed by atoms with E-state index in [1.807, 2.05) is 0 Å². The molecule has 2 atom stereocenters. The summed E-state index contributed by atoms with van der Waals surface area (Å²) in [5.74, 6) is 1.05. The van der Waals surface area contributed by atoms with Crippen LogP contribution >= 0.6 is 0 Å². The molecule has 1 N–H and O–H groups in total. The number of hydrogen-bond donors (Lipinski definition) is 1. The summed E-state index contributed by atoms with van der Waals surface area (Å²) in [6.45, 7) is 3.09. The number of nitrogens with one attached hydrogen (secondary N) is 1. The van der Waals surface area contributed by atoms with Crippen LogP contribution < -0.4 is 5.32 Å². The lowest BCUT2D eigenvalue weighted by atomic mass is 9.92. The molecular weight excluding hydrogens is 214 g/mol. The topological polar surface area (TPSA) is 38.3 Å². The fourth-order valence-electron chi connectivity index (χ4n) is 2.92. The maximum atomic E-state index is 11.8. The maximum absolute atomic E-state index is 11.8. The molecule has 2 aliphatic rings. The van der Waals surface area contributed by atoms with Gasteiger partial charge in [-0.3, -0.25) is 4.79 Å². The smallest absolute Gasteiger partial charge is 0.133 e. The highest BCUT2D eigenvalue weighted by Gasteiger charge is 2.18. The van der Waals surface area contributed by atoms with Gasteiger partial charge in [0, 0.05) is 19.4 Å². The molecule has 2 aliphatic heterocycles. The SMILES string of the molecule is O=C(CCCC1CCCO1)CC1CCCNC1. The van der Waals surface area contributed by atoms with Crippen LogP contribution in [0.5, 0.6) is 0 Å². The van der Waals surface area contributed by atoms with Crippen LogP contribution in [0.4, 0.5) is 0 Å². The molecule has 0 radical (unpaired) electrons. The van der Waals surface area contributed by atoms with Gasteiger partial charge in [0.1, 0.15) is 5.78 Å². The van der Waals surface area contributed by atoms with Crippen molar-refractivity contribution in [2.75, 3.05) is 19.7 Å². The van der Waals surface area contributed by atoms with E-state index in [0.29, 0.717) is 17.8 Å². The van der Waals surface area contributed by atoms with Crippen molar-refractivity contribution in [1.82, 2.24) is 5.32 Å². The molecule has 3 heteroatoms. The van der Waals surface area contributed by atoms with Crippen LogP contribution in [0.3, 0.4) is 0 Å². The van der Waals surface area contributed by atoms with Gasteiger partial charge in [0.05, 0.1) is 6.10 Å². The van der Waals surface area contributed by atoms with Crippen LogP contribution in [0.25, 0.3) is 0 Å². The Kier molecular flexibility index (Phi) is 5.46. The van der Waals surface area contributed by atoms with Gasteiger partial charge in [-0.15, -0.1) is 0 Å². The number of piperidine rings is 1. The zero-order valence-corrected chi connectivity index (χ0v) is 10.7. The Morgan fingerprint density at radius 1 is 1.29 bits per heavy atom. The summed E-state index contributed by atoms with van der Waals surface area (Å²) in [6.07, 6.45) is 8.94. The van der Waals surface area contributed by atoms with E-state index in [9.17, 15) is 4.79 Å². The minimum absolute atomic E-state index is 0.444. The molecule has 2 heterocycles. The molecule has 2 rings (SSSR count). The largest absolute Gasteiger partial charge is 0.378 e. The van der Waals surface area contributed by atoms with Crippen molar-refractivity contribution >= 4 is 5.78 Å². The monoisotopic (exact) mass is 239 g/mol. The average molecular weight is 239 g/mol. The third-order valence-electron chi connectivity index (χ3n) is 3.92.